The summed E-state index contributed by atoms with van der Waals surface area (Å²) >= 11 is 1.20. The number of carbonyl (C=O) groups excluding carboxylic acids is 2. The SMILES string of the molecule is CCO.CCOC(=O)c1csc([C@H](O)C[C@H](C(C)C)N(C)C(=O)OC(C)(C)C)n1. The van der Waals surface area contributed by atoms with Gasteiger partial charge in [-0.25, -0.2) is 14.6 Å². The van der Waals surface area contributed by atoms with Crippen molar-refractivity contribution in [2.75, 3.05) is 20.3 Å². The number of thiazole rings is 1. The van der Waals surface area contributed by atoms with E-state index in [0.29, 0.717) is 11.4 Å². The summed E-state index contributed by atoms with van der Waals surface area (Å²) in [6.45, 7) is 13.3. The summed E-state index contributed by atoms with van der Waals surface area (Å²) in [6, 6.07) is -0.241. The number of rotatable bonds is 7. The van der Waals surface area contributed by atoms with Crippen LogP contribution in [0.4, 0.5) is 4.79 Å². The lowest BCUT2D eigenvalue weighted by Gasteiger charge is -2.34. The lowest BCUT2D eigenvalue weighted by molar-refractivity contribution is 0.0106. The third-order valence-corrected chi connectivity index (χ3v) is 4.65. The van der Waals surface area contributed by atoms with Crippen LogP contribution in [0.2, 0.25) is 0 Å². The predicted octanol–water partition coefficient (Wildman–Crippen LogP) is 3.63. The third-order valence-electron chi connectivity index (χ3n) is 3.70. The molecule has 1 amide bonds. The van der Waals surface area contributed by atoms with Crippen LogP contribution in [0.15, 0.2) is 5.38 Å². The maximum Gasteiger partial charge on any atom is 0.410 e. The molecule has 1 aromatic rings. The summed E-state index contributed by atoms with van der Waals surface area (Å²) in [7, 11) is 1.66. The Morgan fingerprint density at radius 1 is 1.28 bits per heavy atom. The molecule has 1 rings (SSSR count). The van der Waals surface area contributed by atoms with Gasteiger partial charge in [-0.3, -0.25) is 0 Å². The van der Waals surface area contributed by atoms with Gasteiger partial charge in [0.1, 0.15) is 16.7 Å². The van der Waals surface area contributed by atoms with Crippen molar-refractivity contribution in [3.8, 4) is 0 Å². The number of hydrogen-bond donors (Lipinski definition) is 2. The smallest absolute Gasteiger partial charge is 0.410 e. The first-order valence-electron chi connectivity index (χ1n) is 9.75. The molecule has 0 unspecified atom stereocenters. The van der Waals surface area contributed by atoms with Crippen molar-refractivity contribution < 1.29 is 29.3 Å². The molecule has 9 heteroatoms. The highest BCUT2D eigenvalue weighted by atomic mass is 32.1. The van der Waals surface area contributed by atoms with E-state index in [0.717, 1.165) is 0 Å². The first-order valence-corrected chi connectivity index (χ1v) is 10.6. The van der Waals surface area contributed by atoms with Gasteiger partial charge in [-0.15, -0.1) is 11.3 Å². The zero-order valence-electron chi connectivity index (χ0n) is 18.8. The molecular formula is C20H36N2O6S. The molecule has 0 bridgehead atoms. The van der Waals surface area contributed by atoms with Crippen LogP contribution in [0.25, 0.3) is 0 Å². The molecule has 0 fully saturated rings. The topological polar surface area (TPSA) is 109 Å². The molecule has 0 radical (unpaired) electrons. The van der Waals surface area contributed by atoms with E-state index in [1.807, 2.05) is 34.6 Å². The minimum absolute atomic E-state index is 0.103. The number of nitrogens with zero attached hydrogens (tertiary/aromatic N) is 2. The first kappa shape index (κ1) is 27.3. The number of ether oxygens (including phenoxy) is 2. The number of esters is 1. The molecule has 0 aliphatic heterocycles. The number of amides is 1. The highest BCUT2D eigenvalue weighted by Crippen LogP contribution is 2.27. The van der Waals surface area contributed by atoms with Gasteiger partial charge in [-0.1, -0.05) is 13.8 Å². The molecule has 0 spiro atoms. The Morgan fingerprint density at radius 3 is 2.28 bits per heavy atom. The third kappa shape index (κ3) is 10.0. The van der Waals surface area contributed by atoms with Crippen molar-refractivity contribution in [3.05, 3.63) is 16.1 Å². The van der Waals surface area contributed by atoms with Gasteiger partial charge in [-0.2, -0.15) is 0 Å². The van der Waals surface area contributed by atoms with Crippen LogP contribution in [0.3, 0.4) is 0 Å². The standard InChI is InChI=1S/C18H30N2O5S.C2H6O/c1-8-24-16(22)12-10-26-15(19-12)14(21)9-13(11(2)3)20(7)17(23)25-18(4,5)6;1-2-3/h10-11,13-14,21H,8-9H2,1-7H3;3H,2H2,1H3/t13-,14-;/m1./s1. The summed E-state index contributed by atoms with van der Waals surface area (Å²) in [5.41, 5.74) is -0.400. The zero-order chi connectivity index (χ0) is 22.8. The van der Waals surface area contributed by atoms with Crippen molar-refractivity contribution >= 4 is 23.4 Å². The van der Waals surface area contributed by atoms with E-state index < -0.39 is 23.8 Å². The Morgan fingerprint density at radius 2 is 1.83 bits per heavy atom. The van der Waals surface area contributed by atoms with Gasteiger partial charge in [0.15, 0.2) is 5.69 Å². The molecule has 29 heavy (non-hydrogen) atoms. The Labute approximate surface area is 177 Å². The average molecular weight is 433 g/mol. The lowest BCUT2D eigenvalue weighted by Crippen LogP contribution is -2.44. The van der Waals surface area contributed by atoms with E-state index in [1.54, 1.807) is 26.3 Å². The number of aliphatic hydroxyl groups excluding tert-OH is 2. The summed E-state index contributed by atoms with van der Waals surface area (Å²) in [5.74, 6) is -0.403. The second-order valence-corrected chi connectivity index (χ2v) is 8.65. The summed E-state index contributed by atoms with van der Waals surface area (Å²) < 4.78 is 10.3. The van der Waals surface area contributed by atoms with Crippen molar-refractivity contribution in [1.29, 1.82) is 0 Å². The van der Waals surface area contributed by atoms with Gasteiger partial charge in [0.05, 0.1) is 6.61 Å². The highest BCUT2D eigenvalue weighted by molar-refractivity contribution is 7.09. The molecule has 1 heterocycles. The van der Waals surface area contributed by atoms with Gasteiger partial charge in [0.25, 0.3) is 0 Å². The monoisotopic (exact) mass is 432 g/mol. The van der Waals surface area contributed by atoms with Crippen molar-refractivity contribution in [2.45, 2.75) is 72.6 Å². The Hall–Kier alpha value is -1.71. The van der Waals surface area contributed by atoms with Gasteiger partial charge in [0.2, 0.25) is 0 Å². The predicted molar refractivity (Wildman–Crippen MR) is 113 cm³/mol. The van der Waals surface area contributed by atoms with E-state index in [1.165, 1.54) is 16.2 Å². The zero-order valence-corrected chi connectivity index (χ0v) is 19.6. The lowest BCUT2D eigenvalue weighted by atomic mass is 9.97. The minimum atomic E-state index is -0.888. The van der Waals surface area contributed by atoms with Crippen molar-refractivity contribution in [1.82, 2.24) is 9.88 Å². The number of carbonyl (C=O) groups is 2. The van der Waals surface area contributed by atoms with Gasteiger partial charge < -0.3 is 24.6 Å². The maximum atomic E-state index is 12.3. The van der Waals surface area contributed by atoms with E-state index >= 15 is 0 Å². The molecule has 0 saturated heterocycles. The fourth-order valence-corrected chi connectivity index (χ4v) is 3.20. The molecule has 0 aliphatic carbocycles. The van der Waals surface area contributed by atoms with Crippen LogP contribution in [-0.2, 0) is 9.47 Å². The molecule has 1 aromatic heterocycles. The Kier molecular flexibility index (Phi) is 12.0. The van der Waals surface area contributed by atoms with E-state index in [-0.39, 0.29) is 30.9 Å². The minimum Gasteiger partial charge on any atom is -0.461 e. The Bertz CT molecular complexity index is 627. The maximum absolute atomic E-state index is 12.3. The fourth-order valence-electron chi connectivity index (χ4n) is 2.42. The molecular weight excluding hydrogens is 396 g/mol. The van der Waals surface area contributed by atoms with Crippen LogP contribution in [-0.4, -0.2) is 64.1 Å². The van der Waals surface area contributed by atoms with Crippen LogP contribution >= 0.6 is 11.3 Å². The molecule has 8 nitrogen and oxygen atoms in total. The van der Waals surface area contributed by atoms with Crippen LogP contribution in [0, 0.1) is 5.92 Å². The van der Waals surface area contributed by atoms with Crippen molar-refractivity contribution in [3.63, 3.8) is 0 Å². The second-order valence-electron chi connectivity index (χ2n) is 7.76. The Balaban J connectivity index is 0.00000245. The number of aromatic nitrogens is 1. The quantitative estimate of drug-likeness (QED) is 0.633. The molecule has 2 N–H and O–H groups in total. The fraction of sp³-hybridized carbons (Fsp3) is 0.750. The van der Waals surface area contributed by atoms with Gasteiger partial charge in [0, 0.05) is 31.5 Å². The largest absolute Gasteiger partial charge is 0.461 e. The van der Waals surface area contributed by atoms with Crippen LogP contribution < -0.4 is 0 Å². The van der Waals surface area contributed by atoms with Crippen LogP contribution in [0.5, 0.6) is 0 Å². The van der Waals surface area contributed by atoms with E-state index in [2.05, 4.69) is 4.98 Å². The van der Waals surface area contributed by atoms with E-state index in [9.17, 15) is 14.7 Å². The molecule has 0 aliphatic rings. The molecule has 0 saturated carbocycles. The highest BCUT2D eigenvalue weighted by Gasteiger charge is 2.30. The second kappa shape index (κ2) is 12.8. The number of hydrogen-bond acceptors (Lipinski definition) is 8. The molecule has 0 aromatic carbocycles. The summed E-state index contributed by atoms with van der Waals surface area (Å²) in [5, 5.41) is 20.1. The summed E-state index contributed by atoms with van der Waals surface area (Å²) in [6.07, 6.45) is -1.03. The molecule has 2 atom stereocenters. The number of aliphatic hydroxyl groups is 2. The van der Waals surface area contributed by atoms with Gasteiger partial charge >= 0.3 is 12.1 Å². The summed E-state index contributed by atoms with van der Waals surface area (Å²) in [4.78, 5) is 29.7. The van der Waals surface area contributed by atoms with Crippen molar-refractivity contribution in [2.24, 2.45) is 5.92 Å². The van der Waals surface area contributed by atoms with E-state index in [4.69, 9.17) is 14.6 Å². The first-order chi connectivity index (χ1) is 13.4. The van der Waals surface area contributed by atoms with Crippen LogP contribution in [0.1, 0.15) is 76.5 Å². The molecule has 168 valence electrons. The average Bonchev–Trinajstić information content (AvgIpc) is 3.08. The normalized spacial score (nSPS) is 13.2. The van der Waals surface area contributed by atoms with Gasteiger partial charge in [-0.05, 0) is 40.5 Å².